The van der Waals surface area contributed by atoms with Crippen LogP contribution in [0, 0.1) is 0 Å². The van der Waals surface area contributed by atoms with E-state index in [1.165, 1.54) is 11.3 Å². The van der Waals surface area contributed by atoms with Gasteiger partial charge >= 0.3 is 0 Å². The van der Waals surface area contributed by atoms with Gasteiger partial charge in [-0.2, -0.15) is 0 Å². The molecule has 3 aromatic rings. The molecule has 0 radical (unpaired) electrons. The van der Waals surface area contributed by atoms with Gasteiger partial charge in [-0.25, -0.2) is 4.98 Å². The molecule has 4 rings (SSSR count). The molecular weight excluding hydrogens is 334 g/mol. The molecule has 0 spiro atoms. The lowest BCUT2D eigenvalue weighted by Gasteiger charge is -2.26. The standard InChI is InChI=1S/C19H23N3O2S/c1-2-3-8-22-16(13-21-9-11-24-12-10-21)20-17-18(22)14-6-4-5-7-15(14)25-19(17)23/h4-7H,2-3,8-13H2,1H3. The zero-order valence-electron chi connectivity index (χ0n) is 14.5. The molecule has 6 heteroatoms. The van der Waals surface area contributed by atoms with Crippen LogP contribution in [0.15, 0.2) is 29.1 Å². The molecule has 0 N–H and O–H groups in total. The SMILES string of the molecule is CCCCn1c(CN2CCOCC2)nc2c(=O)sc3ccccc3c21. The van der Waals surface area contributed by atoms with E-state index in [0.29, 0.717) is 5.52 Å². The second-order valence-electron chi connectivity index (χ2n) is 6.50. The first-order chi connectivity index (χ1) is 12.3. The minimum Gasteiger partial charge on any atom is -0.379 e. The number of morpholine rings is 1. The number of hydrogen-bond acceptors (Lipinski definition) is 5. The number of aryl methyl sites for hydroxylation is 1. The molecule has 0 atom stereocenters. The van der Waals surface area contributed by atoms with Crippen molar-refractivity contribution in [2.75, 3.05) is 26.3 Å². The van der Waals surface area contributed by atoms with Crippen LogP contribution in [0.1, 0.15) is 25.6 Å². The van der Waals surface area contributed by atoms with Crippen molar-refractivity contribution in [3.63, 3.8) is 0 Å². The first-order valence-corrected chi connectivity index (χ1v) is 9.80. The van der Waals surface area contributed by atoms with E-state index >= 15 is 0 Å². The number of rotatable bonds is 5. The smallest absolute Gasteiger partial charge is 0.260 e. The molecule has 2 aromatic heterocycles. The lowest BCUT2D eigenvalue weighted by molar-refractivity contribution is 0.0326. The molecule has 1 aliphatic rings. The van der Waals surface area contributed by atoms with Crippen LogP contribution in [0.4, 0.5) is 0 Å². The predicted molar refractivity (Wildman–Crippen MR) is 102 cm³/mol. The Hall–Kier alpha value is -1.76. The summed E-state index contributed by atoms with van der Waals surface area (Å²) in [5, 5.41) is 1.14. The Bertz CT molecular complexity index is 941. The van der Waals surface area contributed by atoms with Crippen molar-refractivity contribution < 1.29 is 4.74 Å². The summed E-state index contributed by atoms with van der Waals surface area (Å²) in [5.41, 5.74) is 1.64. The highest BCUT2D eigenvalue weighted by atomic mass is 32.1. The highest BCUT2D eigenvalue weighted by molar-refractivity contribution is 7.16. The van der Waals surface area contributed by atoms with Gasteiger partial charge in [-0.15, -0.1) is 0 Å². The summed E-state index contributed by atoms with van der Waals surface area (Å²) in [7, 11) is 0. The van der Waals surface area contributed by atoms with Gasteiger partial charge in [-0.1, -0.05) is 42.9 Å². The van der Waals surface area contributed by atoms with Gasteiger partial charge in [0.25, 0.3) is 4.74 Å². The number of aromatic nitrogens is 2. The van der Waals surface area contributed by atoms with Crippen LogP contribution >= 0.6 is 11.3 Å². The van der Waals surface area contributed by atoms with Gasteiger partial charge < -0.3 is 9.30 Å². The molecular formula is C19H23N3O2S. The number of imidazole rings is 1. The van der Waals surface area contributed by atoms with E-state index in [0.717, 1.165) is 73.7 Å². The number of unbranched alkanes of at least 4 members (excludes halogenated alkanes) is 1. The quantitative estimate of drug-likeness (QED) is 0.703. The number of ether oxygens (including phenoxy) is 1. The van der Waals surface area contributed by atoms with Crippen LogP contribution in [-0.4, -0.2) is 40.8 Å². The van der Waals surface area contributed by atoms with Gasteiger partial charge in [0.15, 0.2) is 0 Å². The molecule has 1 aliphatic heterocycles. The van der Waals surface area contributed by atoms with Gasteiger partial charge in [0.05, 0.1) is 25.3 Å². The van der Waals surface area contributed by atoms with Crippen molar-refractivity contribution in [2.24, 2.45) is 0 Å². The van der Waals surface area contributed by atoms with Crippen molar-refractivity contribution in [3.05, 3.63) is 39.6 Å². The molecule has 132 valence electrons. The molecule has 0 saturated carbocycles. The number of hydrogen-bond donors (Lipinski definition) is 0. The second kappa shape index (κ2) is 7.23. The van der Waals surface area contributed by atoms with E-state index in [9.17, 15) is 4.79 Å². The van der Waals surface area contributed by atoms with E-state index in [4.69, 9.17) is 9.72 Å². The molecule has 1 aromatic carbocycles. The van der Waals surface area contributed by atoms with Crippen molar-refractivity contribution in [2.45, 2.75) is 32.9 Å². The number of benzene rings is 1. The summed E-state index contributed by atoms with van der Waals surface area (Å²) in [6, 6.07) is 8.17. The monoisotopic (exact) mass is 357 g/mol. The first-order valence-electron chi connectivity index (χ1n) is 8.99. The molecule has 0 aliphatic carbocycles. The van der Waals surface area contributed by atoms with Gasteiger partial charge in [-0.3, -0.25) is 9.69 Å². The molecule has 0 bridgehead atoms. The third-order valence-electron chi connectivity index (χ3n) is 4.79. The van der Waals surface area contributed by atoms with E-state index in [1.807, 2.05) is 18.2 Å². The first kappa shape index (κ1) is 16.7. The van der Waals surface area contributed by atoms with Crippen molar-refractivity contribution >= 4 is 32.5 Å². The molecule has 3 heterocycles. The fraction of sp³-hybridized carbons (Fsp3) is 0.474. The lowest BCUT2D eigenvalue weighted by atomic mass is 10.2. The summed E-state index contributed by atoms with van der Waals surface area (Å²) in [6.45, 7) is 7.26. The Labute approximate surface area is 150 Å². The number of fused-ring (bicyclic) bond motifs is 3. The minimum absolute atomic E-state index is 0.0622. The number of nitrogens with zero attached hydrogens (tertiary/aromatic N) is 3. The van der Waals surface area contributed by atoms with Gasteiger partial charge in [0.1, 0.15) is 11.3 Å². The third-order valence-corrected chi connectivity index (χ3v) is 5.74. The van der Waals surface area contributed by atoms with Gasteiger partial charge in [0.2, 0.25) is 0 Å². The van der Waals surface area contributed by atoms with E-state index in [-0.39, 0.29) is 4.74 Å². The summed E-state index contributed by atoms with van der Waals surface area (Å²) in [5.74, 6) is 1.01. The Morgan fingerprint density at radius 2 is 2.04 bits per heavy atom. The van der Waals surface area contributed by atoms with Crippen LogP contribution in [0.25, 0.3) is 21.1 Å². The Kier molecular flexibility index (Phi) is 4.83. The van der Waals surface area contributed by atoms with Crippen molar-refractivity contribution in [3.8, 4) is 0 Å². The van der Waals surface area contributed by atoms with Crippen molar-refractivity contribution in [1.82, 2.24) is 14.5 Å². The maximum Gasteiger partial charge on any atom is 0.260 e. The molecule has 0 unspecified atom stereocenters. The average Bonchev–Trinajstić information content (AvgIpc) is 3.00. The molecule has 1 fully saturated rings. The van der Waals surface area contributed by atoms with Gasteiger partial charge in [-0.05, 0) is 12.5 Å². The van der Waals surface area contributed by atoms with Crippen molar-refractivity contribution in [1.29, 1.82) is 0 Å². The zero-order valence-corrected chi connectivity index (χ0v) is 15.3. The molecule has 25 heavy (non-hydrogen) atoms. The maximum atomic E-state index is 12.6. The van der Waals surface area contributed by atoms with Crippen LogP contribution < -0.4 is 4.74 Å². The highest BCUT2D eigenvalue weighted by Gasteiger charge is 2.19. The Morgan fingerprint density at radius 1 is 1.24 bits per heavy atom. The largest absolute Gasteiger partial charge is 0.379 e. The molecule has 0 amide bonds. The normalized spacial score (nSPS) is 16.0. The summed E-state index contributed by atoms with van der Waals surface area (Å²) in [6.07, 6.45) is 2.21. The molecule has 1 saturated heterocycles. The fourth-order valence-corrected chi connectivity index (χ4v) is 4.31. The third kappa shape index (κ3) is 3.21. The van der Waals surface area contributed by atoms with E-state index in [2.05, 4.69) is 22.5 Å². The highest BCUT2D eigenvalue weighted by Crippen LogP contribution is 2.27. The molecule has 5 nitrogen and oxygen atoms in total. The van der Waals surface area contributed by atoms with Crippen LogP contribution in [0.3, 0.4) is 0 Å². The topological polar surface area (TPSA) is 47.4 Å². The van der Waals surface area contributed by atoms with Crippen LogP contribution in [-0.2, 0) is 17.8 Å². The Balaban J connectivity index is 1.87. The summed E-state index contributed by atoms with van der Waals surface area (Å²) < 4.78 is 8.83. The van der Waals surface area contributed by atoms with E-state index in [1.54, 1.807) is 0 Å². The van der Waals surface area contributed by atoms with Crippen LogP contribution in [0.2, 0.25) is 0 Å². The lowest BCUT2D eigenvalue weighted by Crippen LogP contribution is -2.36. The van der Waals surface area contributed by atoms with Gasteiger partial charge in [0, 0.05) is 29.7 Å². The summed E-state index contributed by atoms with van der Waals surface area (Å²) >= 11 is 1.30. The average molecular weight is 357 g/mol. The maximum absolute atomic E-state index is 12.6. The summed E-state index contributed by atoms with van der Waals surface area (Å²) in [4.78, 5) is 19.8. The predicted octanol–water partition coefficient (Wildman–Crippen LogP) is 3.24. The Morgan fingerprint density at radius 3 is 2.84 bits per heavy atom. The van der Waals surface area contributed by atoms with E-state index < -0.39 is 0 Å². The zero-order chi connectivity index (χ0) is 17.2. The minimum atomic E-state index is 0.0622. The second-order valence-corrected chi connectivity index (χ2v) is 7.52. The fourth-order valence-electron chi connectivity index (χ4n) is 3.45. The van der Waals surface area contributed by atoms with Crippen LogP contribution in [0.5, 0.6) is 0 Å².